The molecular formula is C18H15F3N4O3. The second-order valence-corrected chi connectivity index (χ2v) is 5.88. The fourth-order valence-electron chi connectivity index (χ4n) is 2.63. The van der Waals surface area contributed by atoms with Crippen LogP contribution < -0.4 is 20.8 Å². The van der Waals surface area contributed by atoms with E-state index in [2.05, 4.69) is 15.2 Å². The SMILES string of the molecule is NC(=O)C1CC(C(=O)Nc2ccc(OC(F)(F)F)cc2)=NN1c1ccccc1. The van der Waals surface area contributed by atoms with Crippen LogP contribution in [0.15, 0.2) is 59.7 Å². The van der Waals surface area contributed by atoms with Crippen LogP contribution in [-0.2, 0) is 9.59 Å². The van der Waals surface area contributed by atoms with E-state index in [-0.39, 0.29) is 17.8 Å². The maximum Gasteiger partial charge on any atom is 0.573 e. The fraction of sp³-hybridized carbons (Fsp3) is 0.167. The highest BCUT2D eigenvalue weighted by Crippen LogP contribution is 2.26. The number of nitrogens with zero attached hydrogens (tertiary/aromatic N) is 2. The molecule has 0 radical (unpaired) electrons. The van der Waals surface area contributed by atoms with Gasteiger partial charge >= 0.3 is 6.36 Å². The molecule has 28 heavy (non-hydrogen) atoms. The Kier molecular flexibility index (Phi) is 5.21. The Hall–Kier alpha value is -3.56. The summed E-state index contributed by atoms with van der Waals surface area (Å²) in [4.78, 5) is 24.2. The van der Waals surface area contributed by atoms with Gasteiger partial charge in [0.25, 0.3) is 5.91 Å². The number of hydrazone groups is 1. The van der Waals surface area contributed by atoms with Gasteiger partial charge in [-0.3, -0.25) is 14.6 Å². The zero-order valence-corrected chi connectivity index (χ0v) is 14.3. The summed E-state index contributed by atoms with van der Waals surface area (Å²) in [6, 6.07) is 12.6. The molecule has 1 unspecified atom stereocenters. The third-order valence-corrected chi connectivity index (χ3v) is 3.87. The van der Waals surface area contributed by atoms with Crippen LogP contribution in [0.1, 0.15) is 6.42 Å². The number of para-hydroxylation sites is 1. The van der Waals surface area contributed by atoms with Crippen molar-refractivity contribution in [1.82, 2.24) is 0 Å². The molecule has 146 valence electrons. The largest absolute Gasteiger partial charge is 0.573 e. The van der Waals surface area contributed by atoms with Gasteiger partial charge in [0.05, 0.1) is 5.69 Å². The van der Waals surface area contributed by atoms with Crippen LogP contribution in [0.3, 0.4) is 0 Å². The molecule has 0 fully saturated rings. The maximum atomic E-state index is 12.4. The highest BCUT2D eigenvalue weighted by atomic mass is 19.4. The molecule has 10 heteroatoms. The summed E-state index contributed by atoms with van der Waals surface area (Å²) in [6.45, 7) is 0. The van der Waals surface area contributed by atoms with Crippen molar-refractivity contribution in [3.05, 3.63) is 54.6 Å². The van der Waals surface area contributed by atoms with Crippen molar-refractivity contribution in [1.29, 1.82) is 0 Å². The van der Waals surface area contributed by atoms with Crippen molar-refractivity contribution >= 4 is 28.9 Å². The molecule has 2 aromatic carbocycles. The number of amides is 2. The molecule has 3 N–H and O–H groups in total. The monoisotopic (exact) mass is 392 g/mol. The summed E-state index contributed by atoms with van der Waals surface area (Å²) < 4.78 is 40.3. The van der Waals surface area contributed by atoms with Gasteiger partial charge in [0.15, 0.2) is 0 Å². The minimum atomic E-state index is -4.80. The number of alkyl halides is 3. The molecule has 7 nitrogen and oxygen atoms in total. The Morgan fingerprint density at radius 3 is 2.32 bits per heavy atom. The van der Waals surface area contributed by atoms with E-state index in [0.29, 0.717) is 5.69 Å². The molecule has 0 aliphatic carbocycles. The number of halogens is 3. The van der Waals surface area contributed by atoms with Crippen molar-refractivity contribution in [2.45, 2.75) is 18.8 Å². The van der Waals surface area contributed by atoms with Crippen LogP contribution in [0.25, 0.3) is 0 Å². The molecule has 0 bridgehead atoms. The molecule has 0 spiro atoms. The molecule has 0 saturated heterocycles. The van der Waals surface area contributed by atoms with Gasteiger partial charge in [-0.1, -0.05) is 18.2 Å². The molecule has 1 aliphatic heterocycles. The molecule has 1 aliphatic rings. The number of nitrogens with two attached hydrogens (primary N) is 1. The van der Waals surface area contributed by atoms with Crippen LogP contribution >= 0.6 is 0 Å². The van der Waals surface area contributed by atoms with Gasteiger partial charge < -0.3 is 15.8 Å². The van der Waals surface area contributed by atoms with E-state index in [4.69, 9.17) is 5.73 Å². The van der Waals surface area contributed by atoms with Crippen molar-refractivity contribution in [3.8, 4) is 5.75 Å². The molecule has 3 rings (SSSR count). The molecule has 1 atom stereocenters. The standard InChI is InChI=1S/C18H15F3N4O3/c19-18(20,21)28-13-8-6-11(7-9-13)23-17(27)14-10-15(16(22)26)25(24-14)12-4-2-1-3-5-12/h1-9,15H,10H2,(H2,22,26)(H,23,27). The number of rotatable bonds is 5. The van der Waals surface area contributed by atoms with Gasteiger partial charge in [-0.05, 0) is 36.4 Å². The van der Waals surface area contributed by atoms with E-state index in [1.165, 1.54) is 17.1 Å². The predicted octanol–water partition coefficient (Wildman–Crippen LogP) is 2.64. The lowest BCUT2D eigenvalue weighted by molar-refractivity contribution is -0.274. The van der Waals surface area contributed by atoms with E-state index < -0.39 is 30.0 Å². The van der Waals surface area contributed by atoms with E-state index in [0.717, 1.165) is 12.1 Å². The number of carbonyl (C=O) groups excluding carboxylic acids is 2. The first-order valence-electron chi connectivity index (χ1n) is 8.11. The Balaban J connectivity index is 1.72. The smallest absolute Gasteiger partial charge is 0.406 e. The lowest BCUT2D eigenvalue weighted by atomic mass is 10.1. The summed E-state index contributed by atoms with van der Waals surface area (Å²) >= 11 is 0. The Bertz CT molecular complexity index is 899. The number of primary amides is 1. The summed E-state index contributed by atoms with van der Waals surface area (Å²) in [7, 11) is 0. The maximum absolute atomic E-state index is 12.4. The first kappa shape index (κ1) is 19.2. The first-order valence-corrected chi connectivity index (χ1v) is 8.11. The highest BCUT2D eigenvalue weighted by molar-refractivity contribution is 6.44. The van der Waals surface area contributed by atoms with Crippen LogP contribution in [0.5, 0.6) is 5.75 Å². The number of carbonyl (C=O) groups is 2. The van der Waals surface area contributed by atoms with Crippen molar-refractivity contribution in [3.63, 3.8) is 0 Å². The van der Waals surface area contributed by atoms with Gasteiger partial charge in [-0.15, -0.1) is 13.2 Å². The fourth-order valence-corrected chi connectivity index (χ4v) is 2.63. The summed E-state index contributed by atoms with van der Waals surface area (Å²) in [5, 5.41) is 8.08. The number of benzene rings is 2. The summed E-state index contributed by atoms with van der Waals surface area (Å²) in [5.41, 5.74) is 6.33. The number of anilines is 2. The van der Waals surface area contributed by atoms with Gasteiger partial charge in [0.2, 0.25) is 5.91 Å². The van der Waals surface area contributed by atoms with E-state index >= 15 is 0 Å². The Morgan fingerprint density at radius 1 is 1.11 bits per heavy atom. The number of hydrogen-bond donors (Lipinski definition) is 2. The minimum absolute atomic E-state index is 0.00529. The van der Waals surface area contributed by atoms with Crippen LogP contribution in [-0.4, -0.2) is 29.9 Å². The highest BCUT2D eigenvalue weighted by Gasteiger charge is 2.35. The molecular weight excluding hydrogens is 377 g/mol. The lowest BCUT2D eigenvalue weighted by Crippen LogP contribution is -2.39. The normalized spacial score (nSPS) is 16.5. The number of ether oxygens (including phenoxy) is 1. The summed E-state index contributed by atoms with van der Waals surface area (Å²) in [6.07, 6.45) is -4.79. The van der Waals surface area contributed by atoms with E-state index in [9.17, 15) is 22.8 Å². The van der Waals surface area contributed by atoms with Crippen LogP contribution in [0.4, 0.5) is 24.5 Å². The van der Waals surface area contributed by atoms with E-state index in [1.807, 2.05) is 0 Å². The molecule has 0 aromatic heterocycles. The first-order chi connectivity index (χ1) is 13.2. The van der Waals surface area contributed by atoms with Crippen molar-refractivity contribution in [2.75, 3.05) is 10.3 Å². The third-order valence-electron chi connectivity index (χ3n) is 3.87. The second-order valence-electron chi connectivity index (χ2n) is 5.88. The van der Waals surface area contributed by atoms with Gasteiger partial charge in [0.1, 0.15) is 17.5 Å². The molecule has 1 heterocycles. The number of nitrogens with one attached hydrogen (secondary N) is 1. The van der Waals surface area contributed by atoms with Gasteiger partial charge in [-0.25, -0.2) is 0 Å². The van der Waals surface area contributed by atoms with E-state index in [1.54, 1.807) is 30.3 Å². The second kappa shape index (κ2) is 7.59. The van der Waals surface area contributed by atoms with Crippen molar-refractivity contribution < 1.29 is 27.5 Å². The van der Waals surface area contributed by atoms with Crippen molar-refractivity contribution in [2.24, 2.45) is 10.8 Å². The quantitative estimate of drug-likeness (QED) is 0.818. The molecule has 2 amide bonds. The topological polar surface area (TPSA) is 97.0 Å². The Morgan fingerprint density at radius 2 is 1.75 bits per heavy atom. The average molecular weight is 392 g/mol. The van der Waals surface area contributed by atoms with Gasteiger partial charge in [0, 0.05) is 12.1 Å². The zero-order chi connectivity index (χ0) is 20.3. The summed E-state index contributed by atoms with van der Waals surface area (Å²) in [5.74, 6) is -1.63. The molecule has 2 aromatic rings. The third kappa shape index (κ3) is 4.58. The zero-order valence-electron chi connectivity index (χ0n) is 14.3. The molecule has 0 saturated carbocycles. The number of hydrogen-bond acceptors (Lipinski definition) is 5. The Labute approximate surface area is 157 Å². The van der Waals surface area contributed by atoms with Crippen LogP contribution in [0.2, 0.25) is 0 Å². The predicted molar refractivity (Wildman–Crippen MR) is 95.7 cm³/mol. The minimum Gasteiger partial charge on any atom is -0.406 e. The lowest BCUT2D eigenvalue weighted by Gasteiger charge is -2.20. The van der Waals surface area contributed by atoms with Gasteiger partial charge in [-0.2, -0.15) is 5.10 Å². The average Bonchev–Trinajstić information content (AvgIpc) is 3.09. The van der Waals surface area contributed by atoms with Crippen LogP contribution in [0, 0.1) is 0 Å².